The summed E-state index contributed by atoms with van der Waals surface area (Å²) in [7, 11) is 0. The topological polar surface area (TPSA) is 72.5 Å². The second-order valence-electron chi connectivity index (χ2n) is 7.46. The predicted molar refractivity (Wildman–Crippen MR) is 117 cm³/mol. The van der Waals surface area contributed by atoms with Crippen molar-refractivity contribution in [2.24, 2.45) is 16.6 Å². The van der Waals surface area contributed by atoms with Gasteiger partial charge < -0.3 is 15.8 Å². The molecule has 5 rings (SSSR count). The number of nitrogens with one attached hydrogen (secondary N) is 1. The van der Waals surface area contributed by atoms with Crippen LogP contribution in [0, 0.1) is 5.92 Å². The first-order valence-electron chi connectivity index (χ1n) is 9.50. The quantitative estimate of drug-likeness (QED) is 0.666. The van der Waals surface area contributed by atoms with Crippen LogP contribution < -0.4 is 15.8 Å². The van der Waals surface area contributed by atoms with Crippen LogP contribution in [0.15, 0.2) is 59.7 Å². The maximum Gasteiger partial charge on any atom is 0.154 e. The van der Waals surface area contributed by atoms with Crippen LogP contribution in [0.25, 0.3) is 10.8 Å². The molecule has 0 spiro atoms. The average molecular weight is 391 g/mol. The van der Waals surface area contributed by atoms with Crippen molar-refractivity contribution in [2.45, 2.75) is 18.9 Å². The molecule has 3 heterocycles. The second kappa shape index (κ2) is 6.71. The van der Waals surface area contributed by atoms with Crippen molar-refractivity contribution >= 4 is 39.2 Å². The van der Waals surface area contributed by atoms with Crippen LogP contribution >= 0.6 is 11.8 Å². The zero-order valence-electron chi connectivity index (χ0n) is 15.7. The maximum absolute atomic E-state index is 6.11. The molecule has 0 saturated heterocycles. The number of pyridine rings is 1. The first kappa shape index (κ1) is 17.4. The van der Waals surface area contributed by atoms with Crippen molar-refractivity contribution in [3.05, 3.63) is 60.3 Å². The van der Waals surface area contributed by atoms with E-state index in [9.17, 15) is 0 Å². The molecule has 2 atom stereocenters. The molecule has 5 nitrogen and oxygen atoms in total. The van der Waals surface area contributed by atoms with Gasteiger partial charge in [0.25, 0.3) is 0 Å². The molecule has 0 fully saturated rings. The average Bonchev–Trinajstić information content (AvgIpc) is 2.84. The van der Waals surface area contributed by atoms with Crippen LogP contribution in [-0.4, -0.2) is 22.5 Å². The van der Waals surface area contributed by atoms with Crippen LogP contribution in [0.3, 0.4) is 0 Å². The summed E-state index contributed by atoms with van der Waals surface area (Å²) in [5.41, 5.74) is 7.79. The third-order valence-electron chi connectivity index (χ3n) is 5.75. The summed E-state index contributed by atoms with van der Waals surface area (Å²) in [5, 5.41) is 6.40. The summed E-state index contributed by atoms with van der Waals surface area (Å²) >= 11 is 1.64. The van der Waals surface area contributed by atoms with E-state index in [0.717, 1.165) is 45.8 Å². The Labute approximate surface area is 168 Å². The van der Waals surface area contributed by atoms with Crippen LogP contribution in [0.4, 0.5) is 11.5 Å². The number of fused-ring (bicyclic) bond motifs is 4. The molecule has 2 aliphatic heterocycles. The molecule has 2 aromatic carbocycles. The van der Waals surface area contributed by atoms with Gasteiger partial charge in [0.15, 0.2) is 5.17 Å². The molecule has 0 aliphatic carbocycles. The highest BCUT2D eigenvalue weighted by Crippen LogP contribution is 2.47. The number of anilines is 2. The lowest BCUT2D eigenvalue weighted by atomic mass is 9.79. The van der Waals surface area contributed by atoms with E-state index in [4.69, 9.17) is 15.5 Å². The van der Waals surface area contributed by atoms with Crippen LogP contribution in [0.2, 0.25) is 0 Å². The standard InChI is InChI=1S/C22H22N4OS/c1-22-15(13-28-21(23)26-22)9-11-27-19-7-6-16(12-18(19)22)25-20-17-5-3-2-4-14(17)8-10-24-20/h2-8,10,12,15H,9,11,13H2,1H3,(H2,23,26)(H,24,25)/t15-,22+/m1/s1. The summed E-state index contributed by atoms with van der Waals surface area (Å²) in [5.74, 6) is 3.11. The number of amidine groups is 1. The van der Waals surface area contributed by atoms with Crippen LogP contribution in [0.1, 0.15) is 18.9 Å². The van der Waals surface area contributed by atoms with Gasteiger partial charge in [-0.2, -0.15) is 0 Å². The zero-order valence-corrected chi connectivity index (χ0v) is 16.5. The Morgan fingerprint density at radius 3 is 3.04 bits per heavy atom. The Bertz CT molecular complexity index is 1080. The molecule has 1 aromatic heterocycles. The molecule has 142 valence electrons. The van der Waals surface area contributed by atoms with Crippen LogP contribution in [-0.2, 0) is 5.54 Å². The van der Waals surface area contributed by atoms with Crippen molar-refractivity contribution in [3.63, 3.8) is 0 Å². The highest BCUT2D eigenvalue weighted by Gasteiger charge is 2.42. The third kappa shape index (κ3) is 2.88. The minimum atomic E-state index is -0.370. The SMILES string of the molecule is C[C@]12N=C(N)SC[C@H]1CCOc1ccc(Nc3nccc4ccccc34)cc12. The van der Waals surface area contributed by atoms with Gasteiger partial charge in [0.2, 0.25) is 0 Å². The molecule has 6 heteroatoms. The van der Waals surface area contributed by atoms with E-state index in [1.54, 1.807) is 11.8 Å². The molecule has 3 N–H and O–H groups in total. The monoisotopic (exact) mass is 390 g/mol. The Kier molecular flexibility index (Phi) is 4.16. The molecule has 0 amide bonds. The minimum absolute atomic E-state index is 0.370. The highest BCUT2D eigenvalue weighted by atomic mass is 32.2. The number of ether oxygens (including phenoxy) is 1. The van der Waals surface area contributed by atoms with Gasteiger partial charge in [-0.15, -0.1) is 0 Å². The van der Waals surface area contributed by atoms with Gasteiger partial charge in [-0.1, -0.05) is 36.0 Å². The molecule has 0 unspecified atom stereocenters. The van der Waals surface area contributed by atoms with Gasteiger partial charge in [-0.05, 0) is 43.0 Å². The lowest BCUT2D eigenvalue weighted by molar-refractivity contribution is 0.271. The molecular weight excluding hydrogens is 368 g/mol. The number of aliphatic imine (C=N–C) groups is 1. The number of thioether (sulfide) groups is 1. The summed E-state index contributed by atoms with van der Waals surface area (Å²) in [6.45, 7) is 2.89. The van der Waals surface area contributed by atoms with Crippen molar-refractivity contribution in [1.29, 1.82) is 0 Å². The minimum Gasteiger partial charge on any atom is -0.493 e. The van der Waals surface area contributed by atoms with Crippen molar-refractivity contribution < 1.29 is 4.74 Å². The number of hydrogen-bond donors (Lipinski definition) is 2. The first-order chi connectivity index (χ1) is 13.6. The number of aromatic nitrogens is 1. The second-order valence-corrected chi connectivity index (χ2v) is 8.50. The third-order valence-corrected chi connectivity index (χ3v) is 6.71. The summed E-state index contributed by atoms with van der Waals surface area (Å²) in [6, 6.07) is 16.5. The predicted octanol–water partition coefficient (Wildman–Crippen LogP) is 4.65. The van der Waals surface area contributed by atoms with E-state index in [1.165, 1.54) is 0 Å². The summed E-state index contributed by atoms with van der Waals surface area (Å²) in [6.07, 6.45) is 2.81. The number of rotatable bonds is 2. The van der Waals surface area contributed by atoms with E-state index < -0.39 is 0 Å². The summed E-state index contributed by atoms with van der Waals surface area (Å²) < 4.78 is 6.05. The largest absolute Gasteiger partial charge is 0.493 e. The molecule has 0 saturated carbocycles. The van der Waals surface area contributed by atoms with Crippen LogP contribution in [0.5, 0.6) is 5.75 Å². The molecule has 2 aliphatic rings. The number of benzene rings is 2. The molecule has 3 aromatic rings. The van der Waals surface area contributed by atoms with Gasteiger partial charge in [0.1, 0.15) is 11.6 Å². The van der Waals surface area contributed by atoms with E-state index in [2.05, 4.69) is 35.4 Å². The number of nitrogens with zero attached hydrogens (tertiary/aromatic N) is 2. The highest BCUT2D eigenvalue weighted by molar-refractivity contribution is 8.13. The Morgan fingerprint density at radius 1 is 1.21 bits per heavy atom. The zero-order chi connectivity index (χ0) is 19.1. The Balaban J connectivity index is 1.58. The smallest absolute Gasteiger partial charge is 0.154 e. The van der Waals surface area contributed by atoms with Gasteiger partial charge in [-0.3, -0.25) is 4.99 Å². The normalized spacial score (nSPS) is 23.8. The lowest BCUT2D eigenvalue weighted by Gasteiger charge is -2.36. The molecular formula is C22H22N4OS. The van der Waals surface area contributed by atoms with E-state index >= 15 is 0 Å². The fourth-order valence-corrected chi connectivity index (χ4v) is 5.26. The van der Waals surface area contributed by atoms with E-state index in [1.807, 2.05) is 36.5 Å². The fraction of sp³-hybridized carbons (Fsp3) is 0.273. The maximum atomic E-state index is 6.11. The fourth-order valence-electron chi connectivity index (χ4n) is 4.14. The van der Waals surface area contributed by atoms with Gasteiger partial charge in [0.05, 0.1) is 12.1 Å². The lowest BCUT2D eigenvalue weighted by Crippen LogP contribution is -2.37. The van der Waals surface area contributed by atoms with Gasteiger partial charge in [0, 0.05) is 34.5 Å². The summed E-state index contributed by atoms with van der Waals surface area (Å²) in [4.78, 5) is 9.42. The van der Waals surface area contributed by atoms with Crippen molar-refractivity contribution in [2.75, 3.05) is 17.7 Å². The Morgan fingerprint density at radius 2 is 2.11 bits per heavy atom. The number of nitrogens with two attached hydrogens (primary N) is 1. The van der Waals surface area contributed by atoms with E-state index in [-0.39, 0.29) is 5.54 Å². The molecule has 0 radical (unpaired) electrons. The molecule has 28 heavy (non-hydrogen) atoms. The van der Waals surface area contributed by atoms with Crippen molar-refractivity contribution in [1.82, 2.24) is 4.98 Å². The number of hydrogen-bond acceptors (Lipinski definition) is 6. The molecule has 0 bridgehead atoms. The van der Waals surface area contributed by atoms with Gasteiger partial charge >= 0.3 is 0 Å². The van der Waals surface area contributed by atoms with Gasteiger partial charge in [-0.25, -0.2) is 4.98 Å². The Hall–Kier alpha value is -2.73. The van der Waals surface area contributed by atoms with E-state index in [0.29, 0.717) is 17.7 Å². The van der Waals surface area contributed by atoms with Crippen molar-refractivity contribution in [3.8, 4) is 5.75 Å². The first-order valence-corrected chi connectivity index (χ1v) is 10.5.